The molecule has 1 aromatic carbocycles. The van der Waals surface area contributed by atoms with Gasteiger partial charge in [0, 0.05) is 9.61 Å². The lowest BCUT2D eigenvalue weighted by Gasteiger charge is -2.10. The molecule has 0 spiro atoms. The molecule has 1 unspecified atom stereocenters. The smallest absolute Gasteiger partial charge is 0.252 e. The van der Waals surface area contributed by atoms with Crippen LogP contribution in [-0.2, 0) is 0 Å². The Hall–Kier alpha value is -1.09. The van der Waals surface area contributed by atoms with Gasteiger partial charge in [-0.25, -0.2) is 0 Å². The molecule has 1 amide bonds. The van der Waals surface area contributed by atoms with Gasteiger partial charge in [0.15, 0.2) is 0 Å². The average molecular weight is 314 g/mol. The third-order valence-electron chi connectivity index (χ3n) is 1.89. The van der Waals surface area contributed by atoms with E-state index in [1.807, 2.05) is 31.2 Å². The molecule has 1 rings (SSSR count). The van der Waals surface area contributed by atoms with Crippen molar-refractivity contribution >= 4 is 28.5 Å². The van der Waals surface area contributed by atoms with Crippen LogP contribution < -0.4 is 5.32 Å². The van der Waals surface area contributed by atoms with E-state index in [1.54, 1.807) is 6.07 Å². The maximum absolute atomic E-state index is 11.7. The first-order chi connectivity index (χ1) is 7.15. The second kappa shape index (κ2) is 5.71. The fourth-order valence-electron chi connectivity index (χ4n) is 1.13. The molecule has 0 saturated carbocycles. The third kappa shape index (κ3) is 3.51. The Morgan fingerprint density at radius 3 is 2.87 bits per heavy atom. The summed E-state index contributed by atoms with van der Waals surface area (Å²) < 4.78 is 0.914. The number of hydrogen-bond acceptors (Lipinski definition) is 2. The number of hydrogen-bond donors (Lipinski definition) is 1. The SMILES string of the molecule is CC(CC#N)NC(=O)c1ccccc1I. The molecule has 4 heteroatoms. The molecule has 0 saturated heterocycles. The number of carbonyl (C=O) groups is 1. The van der Waals surface area contributed by atoms with Gasteiger partial charge in [-0.15, -0.1) is 0 Å². The zero-order chi connectivity index (χ0) is 11.3. The molecule has 0 radical (unpaired) electrons. The summed E-state index contributed by atoms with van der Waals surface area (Å²) in [5, 5.41) is 11.2. The van der Waals surface area contributed by atoms with Crippen molar-refractivity contribution in [2.24, 2.45) is 0 Å². The van der Waals surface area contributed by atoms with E-state index < -0.39 is 0 Å². The highest BCUT2D eigenvalue weighted by Gasteiger charge is 2.11. The van der Waals surface area contributed by atoms with Crippen molar-refractivity contribution < 1.29 is 4.79 Å². The summed E-state index contributed by atoms with van der Waals surface area (Å²) in [4.78, 5) is 11.7. The van der Waals surface area contributed by atoms with Gasteiger partial charge >= 0.3 is 0 Å². The number of nitrogens with one attached hydrogen (secondary N) is 1. The molecule has 0 aromatic heterocycles. The average Bonchev–Trinajstić information content (AvgIpc) is 2.18. The summed E-state index contributed by atoms with van der Waals surface area (Å²) >= 11 is 2.12. The van der Waals surface area contributed by atoms with Crippen molar-refractivity contribution in [1.29, 1.82) is 5.26 Å². The monoisotopic (exact) mass is 314 g/mol. The zero-order valence-corrected chi connectivity index (χ0v) is 10.5. The fraction of sp³-hybridized carbons (Fsp3) is 0.273. The molecule has 15 heavy (non-hydrogen) atoms. The molecule has 3 nitrogen and oxygen atoms in total. The van der Waals surface area contributed by atoms with Crippen LogP contribution in [0.5, 0.6) is 0 Å². The van der Waals surface area contributed by atoms with Gasteiger partial charge < -0.3 is 5.32 Å². The third-order valence-corrected chi connectivity index (χ3v) is 2.83. The van der Waals surface area contributed by atoms with Gasteiger partial charge in [-0.2, -0.15) is 5.26 Å². The summed E-state index contributed by atoms with van der Waals surface area (Å²) in [6.45, 7) is 1.82. The highest BCUT2D eigenvalue weighted by Crippen LogP contribution is 2.11. The number of halogens is 1. The van der Waals surface area contributed by atoms with Gasteiger partial charge in [0.05, 0.1) is 18.1 Å². The van der Waals surface area contributed by atoms with E-state index in [2.05, 4.69) is 27.9 Å². The van der Waals surface area contributed by atoms with Crippen LogP contribution in [0.1, 0.15) is 23.7 Å². The molecule has 1 N–H and O–H groups in total. The predicted octanol–water partition coefficient (Wildman–Crippen LogP) is 2.32. The Balaban J connectivity index is 2.70. The quantitative estimate of drug-likeness (QED) is 0.871. The van der Waals surface area contributed by atoms with Gasteiger partial charge in [-0.3, -0.25) is 4.79 Å². The normalized spacial score (nSPS) is 11.5. The highest BCUT2D eigenvalue weighted by atomic mass is 127. The lowest BCUT2D eigenvalue weighted by molar-refractivity contribution is 0.0940. The zero-order valence-electron chi connectivity index (χ0n) is 8.33. The number of nitrogens with zero attached hydrogens (tertiary/aromatic N) is 1. The molecule has 0 aliphatic rings. The molecule has 0 aliphatic heterocycles. The minimum atomic E-state index is -0.122. The van der Waals surface area contributed by atoms with Crippen LogP contribution in [0, 0.1) is 14.9 Å². The van der Waals surface area contributed by atoms with Gasteiger partial charge in [-0.1, -0.05) is 12.1 Å². The van der Waals surface area contributed by atoms with Gasteiger partial charge in [-0.05, 0) is 41.6 Å². The van der Waals surface area contributed by atoms with E-state index in [9.17, 15) is 4.79 Å². The maximum Gasteiger partial charge on any atom is 0.252 e. The Morgan fingerprint density at radius 2 is 2.27 bits per heavy atom. The molecule has 0 heterocycles. The van der Waals surface area contributed by atoms with Crippen LogP contribution >= 0.6 is 22.6 Å². The summed E-state index contributed by atoms with van der Waals surface area (Å²) in [5.41, 5.74) is 0.655. The van der Waals surface area contributed by atoms with Crippen LogP contribution in [0.25, 0.3) is 0 Å². The highest BCUT2D eigenvalue weighted by molar-refractivity contribution is 14.1. The summed E-state index contributed by atoms with van der Waals surface area (Å²) in [7, 11) is 0. The number of rotatable bonds is 3. The minimum Gasteiger partial charge on any atom is -0.349 e. The first-order valence-corrected chi connectivity index (χ1v) is 5.65. The van der Waals surface area contributed by atoms with Crippen LogP contribution in [0.4, 0.5) is 0 Å². The van der Waals surface area contributed by atoms with Gasteiger partial charge in [0.1, 0.15) is 0 Å². The molecule has 0 aliphatic carbocycles. The van der Waals surface area contributed by atoms with Crippen molar-refractivity contribution in [3.63, 3.8) is 0 Å². The molecule has 1 atom stereocenters. The molecular weight excluding hydrogens is 303 g/mol. The van der Waals surface area contributed by atoms with Crippen molar-refractivity contribution in [2.75, 3.05) is 0 Å². The first kappa shape index (κ1) is 12.0. The lowest BCUT2D eigenvalue weighted by atomic mass is 10.2. The van der Waals surface area contributed by atoms with E-state index >= 15 is 0 Å². The van der Waals surface area contributed by atoms with Crippen LogP contribution in [0.3, 0.4) is 0 Å². The Labute approximate surface area is 103 Å². The molecular formula is C11H11IN2O. The van der Waals surface area contributed by atoms with E-state index in [1.165, 1.54) is 0 Å². The van der Waals surface area contributed by atoms with Crippen molar-refractivity contribution in [1.82, 2.24) is 5.32 Å². The van der Waals surface area contributed by atoms with E-state index in [-0.39, 0.29) is 11.9 Å². The summed E-state index contributed by atoms with van der Waals surface area (Å²) in [6, 6.07) is 9.27. The largest absolute Gasteiger partial charge is 0.349 e. The van der Waals surface area contributed by atoms with Crippen LogP contribution in [0.2, 0.25) is 0 Å². The Kier molecular flexibility index (Phi) is 4.56. The van der Waals surface area contributed by atoms with Crippen molar-refractivity contribution in [3.8, 4) is 6.07 Å². The number of amides is 1. The Bertz CT molecular complexity index is 398. The fourth-order valence-corrected chi connectivity index (χ4v) is 1.77. The minimum absolute atomic E-state index is 0.112. The standard InChI is InChI=1S/C11H11IN2O/c1-8(6-7-13)14-11(15)9-4-2-3-5-10(9)12/h2-5,8H,6H2,1H3,(H,14,15). The molecule has 1 aromatic rings. The second-order valence-electron chi connectivity index (χ2n) is 3.22. The molecule has 0 bridgehead atoms. The number of benzene rings is 1. The number of nitriles is 1. The van der Waals surface area contributed by atoms with Gasteiger partial charge in [0.2, 0.25) is 0 Å². The predicted molar refractivity (Wildman–Crippen MR) is 66.3 cm³/mol. The van der Waals surface area contributed by atoms with Crippen LogP contribution in [0.15, 0.2) is 24.3 Å². The van der Waals surface area contributed by atoms with E-state index in [0.29, 0.717) is 12.0 Å². The first-order valence-electron chi connectivity index (χ1n) is 4.57. The van der Waals surface area contributed by atoms with E-state index in [4.69, 9.17) is 5.26 Å². The summed E-state index contributed by atoms with van der Waals surface area (Å²) in [6.07, 6.45) is 0.329. The van der Waals surface area contributed by atoms with Crippen molar-refractivity contribution in [2.45, 2.75) is 19.4 Å². The van der Waals surface area contributed by atoms with E-state index in [0.717, 1.165) is 3.57 Å². The topological polar surface area (TPSA) is 52.9 Å². The molecule has 0 fully saturated rings. The molecule has 78 valence electrons. The second-order valence-corrected chi connectivity index (χ2v) is 4.38. The number of carbonyl (C=O) groups excluding carboxylic acids is 1. The lowest BCUT2D eigenvalue weighted by Crippen LogP contribution is -2.32. The Morgan fingerprint density at radius 1 is 1.60 bits per heavy atom. The van der Waals surface area contributed by atoms with Crippen molar-refractivity contribution in [3.05, 3.63) is 33.4 Å². The maximum atomic E-state index is 11.7. The van der Waals surface area contributed by atoms with Gasteiger partial charge in [0.25, 0.3) is 5.91 Å². The summed E-state index contributed by atoms with van der Waals surface area (Å²) in [5.74, 6) is -0.122. The van der Waals surface area contributed by atoms with Crippen LogP contribution in [-0.4, -0.2) is 11.9 Å².